The van der Waals surface area contributed by atoms with Gasteiger partial charge in [-0.15, -0.1) is 0 Å². The predicted octanol–water partition coefficient (Wildman–Crippen LogP) is 4.84. The van der Waals surface area contributed by atoms with E-state index in [4.69, 9.17) is 9.47 Å². The highest BCUT2D eigenvalue weighted by atomic mass is 79.9. The molecule has 0 aliphatic carbocycles. The molecule has 8 heteroatoms. The number of likely N-dealkylation sites (tertiary alicyclic amines) is 1. The first-order chi connectivity index (χ1) is 13.1. The van der Waals surface area contributed by atoms with Gasteiger partial charge < -0.3 is 14.5 Å². The van der Waals surface area contributed by atoms with Gasteiger partial charge in [0.25, 0.3) is 0 Å². The Morgan fingerprint density at radius 3 is 2.75 bits per heavy atom. The molecule has 150 valence electrons. The number of carbonyl (C=O) groups excluding carboxylic acids is 2. The number of carbonyl (C=O) groups is 2. The summed E-state index contributed by atoms with van der Waals surface area (Å²) >= 11 is 3.39. The van der Waals surface area contributed by atoms with Crippen LogP contribution in [0.1, 0.15) is 52.4 Å². The monoisotopic (exact) mass is 449 g/mol. The molecule has 2 aromatic rings. The molecule has 1 aromatic heterocycles. The number of esters is 1. The predicted molar refractivity (Wildman–Crippen MR) is 108 cm³/mol. The molecule has 1 aliphatic rings. The summed E-state index contributed by atoms with van der Waals surface area (Å²) in [6.45, 7) is 7.55. The molecule has 0 spiro atoms. The molecule has 1 fully saturated rings. The molecule has 1 aliphatic heterocycles. The van der Waals surface area contributed by atoms with Gasteiger partial charge in [-0.3, -0.25) is 9.69 Å². The van der Waals surface area contributed by atoms with Crippen LogP contribution >= 0.6 is 15.9 Å². The summed E-state index contributed by atoms with van der Waals surface area (Å²) in [7, 11) is 0. The van der Waals surface area contributed by atoms with Crippen LogP contribution in [0.15, 0.2) is 28.9 Å². The lowest BCUT2D eigenvalue weighted by molar-refractivity contribution is -0.131. The Balaban J connectivity index is 1.86. The third kappa shape index (κ3) is 4.73. The number of H-pyrrole nitrogens is 1. The Kier molecular flexibility index (Phi) is 5.79. The van der Waals surface area contributed by atoms with E-state index in [-0.39, 0.29) is 12.1 Å². The van der Waals surface area contributed by atoms with Crippen LogP contribution in [0.25, 0.3) is 11.3 Å². The molecule has 3 rings (SSSR count). The summed E-state index contributed by atoms with van der Waals surface area (Å²) < 4.78 is 11.6. The van der Waals surface area contributed by atoms with E-state index in [0.717, 1.165) is 17.3 Å². The summed E-state index contributed by atoms with van der Waals surface area (Å²) in [5.74, 6) is 0.715. The molecular formula is C20H24BrN3O4. The van der Waals surface area contributed by atoms with Crippen LogP contribution in [0.4, 0.5) is 4.79 Å². The van der Waals surface area contributed by atoms with Crippen LogP contribution in [0.5, 0.6) is 5.75 Å². The summed E-state index contributed by atoms with van der Waals surface area (Å²) in [4.78, 5) is 33.5. The highest BCUT2D eigenvalue weighted by Gasteiger charge is 2.35. The Labute approximate surface area is 172 Å². The number of hydrogen-bond acceptors (Lipinski definition) is 5. The van der Waals surface area contributed by atoms with Gasteiger partial charge in [-0.1, -0.05) is 15.9 Å². The quantitative estimate of drug-likeness (QED) is 0.535. The number of imidazole rings is 1. The molecule has 28 heavy (non-hydrogen) atoms. The number of hydrogen-bond donors (Lipinski definition) is 1. The first-order valence-corrected chi connectivity index (χ1v) is 9.96. The highest BCUT2D eigenvalue weighted by molar-refractivity contribution is 9.10. The van der Waals surface area contributed by atoms with E-state index in [1.54, 1.807) is 17.2 Å². The fourth-order valence-electron chi connectivity index (χ4n) is 3.18. The summed E-state index contributed by atoms with van der Waals surface area (Å²) in [5.41, 5.74) is 0.798. The first kappa shape index (κ1) is 20.4. The highest BCUT2D eigenvalue weighted by Crippen LogP contribution is 2.35. The molecule has 1 unspecified atom stereocenters. The topological polar surface area (TPSA) is 84.5 Å². The van der Waals surface area contributed by atoms with Gasteiger partial charge in [0.2, 0.25) is 0 Å². The van der Waals surface area contributed by atoms with E-state index in [9.17, 15) is 9.59 Å². The molecule has 1 N–H and O–H groups in total. The number of aromatic nitrogens is 2. The normalized spacial score (nSPS) is 16.9. The van der Waals surface area contributed by atoms with Gasteiger partial charge in [0.05, 0.1) is 11.7 Å². The number of amides is 1. The van der Waals surface area contributed by atoms with Crippen molar-refractivity contribution in [2.45, 2.75) is 52.2 Å². The fourth-order valence-corrected chi connectivity index (χ4v) is 3.52. The van der Waals surface area contributed by atoms with Crippen LogP contribution in [0.3, 0.4) is 0 Å². The van der Waals surface area contributed by atoms with Gasteiger partial charge >= 0.3 is 12.1 Å². The van der Waals surface area contributed by atoms with E-state index in [0.29, 0.717) is 29.4 Å². The van der Waals surface area contributed by atoms with Gasteiger partial charge in [0, 0.05) is 29.7 Å². The van der Waals surface area contributed by atoms with Crippen LogP contribution in [0, 0.1) is 0 Å². The molecule has 0 radical (unpaired) electrons. The van der Waals surface area contributed by atoms with E-state index >= 15 is 0 Å². The van der Waals surface area contributed by atoms with Crippen molar-refractivity contribution in [1.29, 1.82) is 0 Å². The van der Waals surface area contributed by atoms with Gasteiger partial charge in [-0.25, -0.2) is 9.78 Å². The molecule has 0 bridgehead atoms. The number of halogens is 1. The number of benzene rings is 1. The van der Waals surface area contributed by atoms with Crippen molar-refractivity contribution in [2.75, 3.05) is 6.54 Å². The molecular weight excluding hydrogens is 426 g/mol. The van der Waals surface area contributed by atoms with Crippen molar-refractivity contribution in [2.24, 2.45) is 0 Å². The maximum Gasteiger partial charge on any atom is 0.410 e. The van der Waals surface area contributed by atoms with E-state index in [1.807, 2.05) is 32.9 Å². The van der Waals surface area contributed by atoms with Crippen molar-refractivity contribution in [3.8, 4) is 17.0 Å². The van der Waals surface area contributed by atoms with E-state index in [2.05, 4.69) is 25.9 Å². The summed E-state index contributed by atoms with van der Waals surface area (Å²) in [6, 6.07) is 5.26. The first-order valence-electron chi connectivity index (χ1n) is 9.17. The van der Waals surface area contributed by atoms with E-state index < -0.39 is 11.6 Å². The van der Waals surface area contributed by atoms with Crippen molar-refractivity contribution in [1.82, 2.24) is 14.9 Å². The Bertz CT molecular complexity index is 888. The lowest BCUT2D eigenvalue weighted by Gasteiger charge is -2.27. The average molecular weight is 450 g/mol. The standard InChI is InChI=1S/C20H24BrN3O4/c1-12(25)27-17-10-13(21)7-8-14(17)15-11-22-18(23-15)16-6-5-9-24(16)19(26)28-20(2,3)4/h7-8,10-11,16H,5-6,9H2,1-4H3,(H,22,23). The minimum Gasteiger partial charge on any atom is -0.444 e. The van der Waals surface area contributed by atoms with Crippen molar-refractivity contribution < 1.29 is 19.1 Å². The van der Waals surface area contributed by atoms with Crippen LogP contribution in [-0.4, -0.2) is 39.1 Å². The van der Waals surface area contributed by atoms with Gasteiger partial charge in [-0.2, -0.15) is 0 Å². The van der Waals surface area contributed by atoms with Crippen molar-refractivity contribution >= 4 is 28.0 Å². The number of ether oxygens (including phenoxy) is 2. The zero-order chi connectivity index (χ0) is 20.5. The maximum atomic E-state index is 12.5. The molecule has 1 atom stereocenters. The largest absolute Gasteiger partial charge is 0.444 e. The lowest BCUT2D eigenvalue weighted by atomic mass is 10.1. The minimum absolute atomic E-state index is 0.170. The Morgan fingerprint density at radius 2 is 2.07 bits per heavy atom. The molecule has 2 heterocycles. The third-order valence-electron chi connectivity index (χ3n) is 4.27. The van der Waals surface area contributed by atoms with Crippen LogP contribution in [-0.2, 0) is 9.53 Å². The zero-order valence-corrected chi connectivity index (χ0v) is 18.0. The molecule has 0 saturated carbocycles. The second-order valence-electron chi connectivity index (χ2n) is 7.74. The third-order valence-corrected chi connectivity index (χ3v) is 4.76. The maximum absolute atomic E-state index is 12.5. The SMILES string of the molecule is CC(=O)Oc1cc(Br)ccc1-c1c[nH]c(C2CCCN2C(=O)OC(C)(C)C)n1. The minimum atomic E-state index is -0.547. The van der Waals surface area contributed by atoms with Gasteiger partial charge in [0.1, 0.15) is 17.2 Å². The van der Waals surface area contributed by atoms with Gasteiger partial charge in [-0.05, 0) is 51.8 Å². The zero-order valence-electron chi connectivity index (χ0n) is 16.4. The summed E-state index contributed by atoms with van der Waals surface area (Å²) in [5, 5.41) is 0. The Morgan fingerprint density at radius 1 is 1.32 bits per heavy atom. The molecule has 7 nitrogen and oxygen atoms in total. The van der Waals surface area contributed by atoms with Crippen LogP contribution < -0.4 is 4.74 Å². The van der Waals surface area contributed by atoms with Crippen molar-refractivity contribution in [3.63, 3.8) is 0 Å². The molecule has 1 amide bonds. The average Bonchev–Trinajstić information content (AvgIpc) is 3.21. The second kappa shape index (κ2) is 7.95. The molecule has 1 saturated heterocycles. The Hall–Kier alpha value is -2.35. The molecule has 1 aromatic carbocycles. The second-order valence-corrected chi connectivity index (χ2v) is 8.65. The smallest absolute Gasteiger partial charge is 0.410 e. The van der Waals surface area contributed by atoms with E-state index in [1.165, 1.54) is 6.92 Å². The number of aromatic amines is 1. The van der Waals surface area contributed by atoms with Crippen molar-refractivity contribution in [3.05, 3.63) is 34.7 Å². The summed E-state index contributed by atoms with van der Waals surface area (Å²) in [6.07, 6.45) is 3.12. The van der Waals surface area contributed by atoms with Crippen LogP contribution in [0.2, 0.25) is 0 Å². The number of rotatable bonds is 3. The fraction of sp³-hybridized carbons (Fsp3) is 0.450. The lowest BCUT2D eigenvalue weighted by Crippen LogP contribution is -2.36. The number of nitrogens with one attached hydrogen (secondary N) is 1. The number of nitrogens with zero attached hydrogens (tertiary/aromatic N) is 2. The van der Waals surface area contributed by atoms with Gasteiger partial charge in [0.15, 0.2) is 0 Å².